The first-order chi connectivity index (χ1) is 15.5. The minimum Gasteiger partial charge on any atom is -0.357 e. The fourth-order valence-corrected chi connectivity index (χ4v) is 4.29. The number of likely N-dealkylation sites (tertiary alicyclic amines) is 1. The average molecular weight is 438 g/mol. The number of aliphatic imine (C=N–C) groups is 1. The summed E-state index contributed by atoms with van der Waals surface area (Å²) >= 11 is 0. The van der Waals surface area contributed by atoms with Gasteiger partial charge < -0.3 is 15.5 Å². The molecule has 8 heteroatoms. The van der Waals surface area contributed by atoms with Gasteiger partial charge in [-0.05, 0) is 30.9 Å². The van der Waals surface area contributed by atoms with E-state index in [9.17, 15) is 4.79 Å². The summed E-state index contributed by atoms with van der Waals surface area (Å²) < 4.78 is 2.04. The van der Waals surface area contributed by atoms with Crippen LogP contribution in [0.2, 0.25) is 0 Å². The molecule has 1 saturated heterocycles. The summed E-state index contributed by atoms with van der Waals surface area (Å²) in [5.41, 5.74) is 2.31. The summed E-state index contributed by atoms with van der Waals surface area (Å²) in [4.78, 5) is 23.4. The highest BCUT2D eigenvalue weighted by molar-refractivity contribution is 5.80. The van der Waals surface area contributed by atoms with Gasteiger partial charge in [0.2, 0.25) is 5.91 Å². The van der Waals surface area contributed by atoms with Gasteiger partial charge in [-0.25, -0.2) is 14.7 Å². The molecule has 2 N–H and O–H groups in total. The second-order valence-corrected chi connectivity index (χ2v) is 9.04. The number of amides is 1. The molecule has 2 aliphatic rings. The van der Waals surface area contributed by atoms with E-state index in [1.54, 1.807) is 0 Å². The predicted octanol–water partition coefficient (Wildman–Crippen LogP) is 2.59. The van der Waals surface area contributed by atoms with Crippen LogP contribution in [-0.4, -0.2) is 50.7 Å². The lowest BCUT2D eigenvalue weighted by atomic mass is 10.1. The number of guanidine groups is 1. The Balaban J connectivity index is 1.38. The highest BCUT2D eigenvalue weighted by Crippen LogP contribution is 2.18. The first kappa shape index (κ1) is 22.3. The maximum absolute atomic E-state index is 11.9. The summed E-state index contributed by atoms with van der Waals surface area (Å²) in [6.45, 7) is 10.1. The van der Waals surface area contributed by atoms with E-state index < -0.39 is 0 Å². The van der Waals surface area contributed by atoms with E-state index in [4.69, 9.17) is 4.99 Å². The molecule has 1 fully saturated rings. The molecule has 0 saturated carbocycles. The molecule has 4 rings (SSSR count). The van der Waals surface area contributed by atoms with E-state index in [1.807, 2.05) is 9.58 Å². The Kier molecular flexibility index (Phi) is 7.07. The number of hydrogen-bond acceptors (Lipinski definition) is 4. The van der Waals surface area contributed by atoms with Crippen molar-refractivity contribution in [1.82, 2.24) is 30.3 Å². The molecule has 8 nitrogen and oxygen atoms in total. The summed E-state index contributed by atoms with van der Waals surface area (Å²) in [7, 11) is 0. The molecule has 1 unspecified atom stereocenters. The van der Waals surface area contributed by atoms with E-state index in [0.717, 1.165) is 67.6 Å². The van der Waals surface area contributed by atoms with Gasteiger partial charge in [-0.3, -0.25) is 4.79 Å². The van der Waals surface area contributed by atoms with Crippen LogP contribution in [0, 0.1) is 0 Å². The van der Waals surface area contributed by atoms with Crippen LogP contribution in [0.3, 0.4) is 0 Å². The Morgan fingerprint density at radius 2 is 2.12 bits per heavy atom. The zero-order valence-electron chi connectivity index (χ0n) is 19.5. The molecular formula is C24H35N7O. The van der Waals surface area contributed by atoms with Crippen molar-refractivity contribution in [2.75, 3.05) is 13.1 Å². The van der Waals surface area contributed by atoms with Crippen LogP contribution in [0.4, 0.5) is 0 Å². The fourth-order valence-electron chi connectivity index (χ4n) is 4.29. The number of rotatable bonds is 7. The van der Waals surface area contributed by atoms with Crippen molar-refractivity contribution in [3.8, 4) is 0 Å². The lowest BCUT2D eigenvalue weighted by Gasteiger charge is -2.25. The summed E-state index contributed by atoms with van der Waals surface area (Å²) in [5.74, 6) is 3.44. The minimum absolute atomic E-state index is 0.260. The summed E-state index contributed by atoms with van der Waals surface area (Å²) in [6.07, 6.45) is 3.59. The van der Waals surface area contributed by atoms with Crippen LogP contribution < -0.4 is 10.6 Å². The highest BCUT2D eigenvalue weighted by Gasteiger charge is 2.23. The number of nitrogens with zero attached hydrogens (tertiary/aromatic N) is 5. The van der Waals surface area contributed by atoms with Crippen LogP contribution in [0.25, 0.3) is 0 Å². The van der Waals surface area contributed by atoms with Crippen molar-refractivity contribution in [3.05, 3.63) is 47.0 Å². The Bertz CT molecular complexity index is 965. The third kappa shape index (κ3) is 5.47. The van der Waals surface area contributed by atoms with Crippen LogP contribution >= 0.6 is 0 Å². The monoisotopic (exact) mass is 437 g/mol. The Labute approximate surface area is 190 Å². The molecule has 3 heterocycles. The predicted molar refractivity (Wildman–Crippen MR) is 125 cm³/mol. The molecule has 1 atom stereocenters. The number of benzene rings is 1. The van der Waals surface area contributed by atoms with Gasteiger partial charge >= 0.3 is 0 Å². The number of hydrogen-bond donors (Lipinski definition) is 2. The van der Waals surface area contributed by atoms with E-state index in [1.165, 1.54) is 0 Å². The first-order valence-electron chi connectivity index (χ1n) is 11.9. The van der Waals surface area contributed by atoms with Crippen LogP contribution in [0.1, 0.15) is 68.7 Å². The van der Waals surface area contributed by atoms with Gasteiger partial charge in [0, 0.05) is 44.4 Å². The summed E-state index contributed by atoms with van der Waals surface area (Å²) in [6, 6.07) is 8.67. The standard InChI is InChI=1S/C24H35N7O/c1-4-25-24(27-20-10-11-21-28-23(17(2)3)29-31(21)16-20)26-14-18-7-5-8-19(13-18)15-30-12-6-9-22(30)32/h5,7-8,13,17,20H,4,6,9-12,14-16H2,1-3H3,(H2,25,26,27). The average Bonchev–Trinajstić information content (AvgIpc) is 3.38. The molecule has 1 amide bonds. The van der Waals surface area contributed by atoms with Crippen molar-refractivity contribution in [1.29, 1.82) is 0 Å². The van der Waals surface area contributed by atoms with Gasteiger partial charge in [0.15, 0.2) is 11.8 Å². The number of nitrogens with one attached hydrogen (secondary N) is 2. The van der Waals surface area contributed by atoms with Crippen LogP contribution in [0.15, 0.2) is 29.3 Å². The fraction of sp³-hybridized carbons (Fsp3) is 0.583. The molecule has 2 aliphatic heterocycles. The lowest BCUT2D eigenvalue weighted by molar-refractivity contribution is -0.128. The molecule has 0 bridgehead atoms. The highest BCUT2D eigenvalue weighted by atomic mass is 16.2. The number of carbonyl (C=O) groups excluding carboxylic acids is 1. The van der Waals surface area contributed by atoms with Gasteiger partial charge in [0.05, 0.1) is 13.1 Å². The van der Waals surface area contributed by atoms with Gasteiger partial charge in [-0.15, -0.1) is 0 Å². The Morgan fingerprint density at radius 1 is 1.28 bits per heavy atom. The zero-order chi connectivity index (χ0) is 22.5. The van der Waals surface area contributed by atoms with Crippen molar-refractivity contribution >= 4 is 11.9 Å². The molecular weight excluding hydrogens is 402 g/mol. The number of aromatic nitrogens is 3. The number of aryl methyl sites for hydroxylation is 1. The zero-order valence-corrected chi connectivity index (χ0v) is 19.5. The molecule has 2 aromatic rings. The third-order valence-corrected chi connectivity index (χ3v) is 6.03. The minimum atomic E-state index is 0.260. The van der Waals surface area contributed by atoms with Crippen molar-refractivity contribution < 1.29 is 4.79 Å². The van der Waals surface area contributed by atoms with E-state index >= 15 is 0 Å². The quantitative estimate of drug-likeness (QED) is 0.514. The maximum atomic E-state index is 11.9. The lowest BCUT2D eigenvalue weighted by Crippen LogP contribution is -2.47. The molecule has 172 valence electrons. The molecule has 32 heavy (non-hydrogen) atoms. The number of carbonyl (C=O) groups is 1. The smallest absolute Gasteiger partial charge is 0.222 e. The number of fused-ring (bicyclic) bond motifs is 1. The molecule has 1 aromatic heterocycles. The van der Waals surface area contributed by atoms with Crippen molar-refractivity contribution in [2.45, 2.75) is 78.0 Å². The molecule has 0 radical (unpaired) electrons. The Hall–Kier alpha value is -2.90. The van der Waals surface area contributed by atoms with Gasteiger partial charge in [0.25, 0.3) is 0 Å². The van der Waals surface area contributed by atoms with Gasteiger partial charge in [-0.2, -0.15) is 5.10 Å². The molecule has 1 aromatic carbocycles. The summed E-state index contributed by atoms with van der Waals surface area (Å²) in [5, 5.41) is 11.6. The second kappa shape index (κ2) is 10.1. The van der Waals surface area contributed by atoms with E-state index in [-0.39, 0.29) is 11.9 Å². The van der Waals surface area contributed by atoms with E-state index in [2.05, 4.69) is 65.8 Å². The largest absolute Gasteiger partial charge is 0.357 e. The van der Waals surface area contributed by atoms with Crippen molar-refractivity contribution in [3.63, 3.8) is 0 Å². The van der Waals surface area contributed by atoms with Gasteiger partial charge in [-0.1, -0.05) is 38.1 Å². The second-order valence-electron chi connectivity index (χ2n) is 9.04. The maximum Gasteiger partial charge on any atom is 0.222 e. The molecule has 0 spiro atoms. The van der Waals surface area contributed by atoms with Crippen molar-refractivity contribution in [2.24, 2.45) is 4.99 Å². The van der Waals surface area contributed by atoms with E-state index in [0.29, 0.717) is 25.4 Å². The van der Waals surface area contributed by atoms with Crippen LogP contribution in [0.5, 0.6) is 0 Å². The SMILES string of the molecule is CCNC(=NCc1cccc(CN2CCCC2=O)c1)NC1CCc2nc(C(C)C)nn2C1. The van der Waals surface area contributed by atoms with Crippen LogP contribution in [-0.2, 0) is 30.8 Å². The molecule has 0 aliphatic carbocycles. The normalized spacial score (nSPS) is 18.9. The van der Waals surface area contributed by atoms with Gasteiger partial charge in [0.1, 0.15) is 5.82 Å². The topological polar surface area (TPSA) is 87.4 Å². The Morgan fingerprint density at radius 3 is 2.88 bits per heavy atom. The third-order valence-electron chi connectivity index (χ3n) is 6.03. The first-order valence-corrected chi connectivity index (χ1v) is 11.9.